The molecule has 9 heteroatoms. The summed E-state index contributed by atoms with van der Waals surface area (Å²) in [4.78, 5) is 21.5. The second kappa shape index (κ2) is 12.1. The molecule has 9 nitrogen and oxygen atoms in total. The van der Waals surface area contributed by atoms with Crippen molar-refractivity contribution in [1.29, 1.82) is 0 Å². The maximum Gasteiger partial charge on any atom is 0.261 e. The molecule has 3 aromatic rings. The smallest absolute Gasteiger partial charge is 0.261 e. The van der Waals surface area contributed by atoms with Gasteiger partial charge in [0, 0.05) is 29.1 Å². The minimum atomic E-state index is -0.354. The molecule has 0 saturated carbocycles. The summed E-state index contributed by atoms with van der Waals surface area (Å²) in [7, 11) is 3.15. The first kappa shape index (κ1) is 24.4. The molecule has 0 fully saturated rings. The average Bonchev–Trinajstić information content (AvgIpc) is 2.87. The van der Waals surface area contributed by atoms with E-state index in [4.69, 9.17) is 24.8 Å². The molecular formula is C25H28N4O5. The van der Waals surface area contributed by atoms with Gasteiger partial charge in [-0.2, -0.15) is 0 Å². The molecule has 1 unspecified atom stereocenters. The fraction of sp³-hybridized carbons (Fsp3) is 0.240. The highest BCUT2D eigenvalue weighted by molar-refractivity contribution is 5.97. The molecule has 0 aliphatic rings. The van der Waals surface area contributed by atoms with Crippen LogP contribution in [-0.4, -0.2) is 37.6 Å². The Labute approximate surface area is 198 Å². The molecule has 178 valence electrons. The number of pyridine rings is 1. The van der Waals surface area contributed by atoms with Crippen molar-refractivity contribution in [2.75, 3.05) is 20.8 Å². The molecule has 0 saturated heterocycles. The van der Waals surface area contributed by atoms with Crippen molar-refractivity contribution in [2.45, 2.75) is 19.6 Å². The predicted molar refractivity (Wildman–Crippen MR) is 128 cm³/mol. The number of rotatable bonds is 11. The predicted octanol–water partition coefficient (Wildman–Crippen LogP) is 3.19. The summed E-state index contributed by atoms with van der Waals surface area (Å²) >= 11 is 0. The minimum absolute atomic E-state index is 0.147. The van der Waals surface area contributed by atoms with Crippen LogP contribution in [0, 0.1) is 0 Å². The lowest BCUT2D eigenvalue weighted by atomic mass is 10.1. The number of nitrogens with two attached hydrogens (primary N) is 1. The van der Waals surface area contributed by atoms with Gasteiger partial charge in [-0.1, -0.05) is 11.2 Å². The third kappa shape index (κ3) is 6.86. The quantitative estimate of drug-likeness (QED) is 0.254. The number of amides is 1. The molecule has 0 spiro atoms. The summed E-state index contributed by atoms with van der Waals surface area (Å²) in [6.45, 7) is 1.96. The molecule has 1 heterocycles. The van der Waals surface area contributed by atoms with E-state index in [1.54, 1.807) is 63.0 Å². The number of oxime groups is 1. The first-order chi connectivity index (χ1) is 16.5. The van der Waals surface area contributed by atoms with E-state index in [0.29, 0.717) is 29.4 Å². The second-order valence-corrected chi connectivity index (χ2v) is 7.32. The number of methoxy groups -OCH3 is 2. The van der Waals surface area contributed by atoms with Gasteiger partial charge in [0.25, 0.3) is 5.91 Å². The third-order valence-corrected chi connectivity index (χ3v) is 4.92. The molecule has 1 aromatic heterocycles. The molecule has 1 atom stereocenters. The molecule has 3 rings (SSSR count). The van der Waals surface area contributed by atoms with Gasteiger partial charge in [-0.25, -0.2) is 0 Å². The Morgan fingerprint density at radius 2 is 1.85 bits per heavy atom. The number of nitrogens with one attached hydrogen (secondary N) is 1. The second-order valence-electron chi connectivity index (χ2n) is 7.32. The number of benzene rings is 2. The van der Waals surface area contributed by atoms with E-state index in [0.717, 1.165) is 11.1 Å². The highest BCUT2D eigenvalue weighted by atomic mass is 16.6. The van der Waals surface area contributed by atoms with Crippen LogP contribution < -0.4 is 25.3 Å². The molecule has 0 aliphatic carbocycles. The monoisotopic (exact) mass is 464 g/mol. The highest BCUT2D eigenvalue weighted by Crippen LogP contribution is 2.29. The van der Waals surface area contributed by atoms with Gasteiger partial charge in [-0.05, 0) is 55.5 Å². The number of carbonyl (C=O) groups excluding carboxylic acids is 1. The molecule has 2 aromatic carbocycles. The molecule has 0 bridgehead atoms. The van der Waals surface area contributed by atoms with Crippen molar-refractivity contribution >= 4 is 11.7 Å². The van der Waals surface area contributed by atoms with Crippen LogP contribution in [0.15, 0.2) is 72.1 Å². The molecule has 0 radical (unpaired) electrons. The van der Waals surface area contributed by atoms with Gasteiger partial charge in [0.2, 0.25) is 0 Å². The summed E-state index contributed by atoms with van der Waals surface area (Å²) in [6, 6.07) is 15.9. The lowest BCUT2D eigenvalue weighted by Gasteiger charge is -2.18. The average molecular weight is 465 g/mol. The van der Waals surface area contributed by atoms with Crippen LogP contribution in [-0.2, 0) is 16.2 Å². The zero-order valence-electron chi connectivity index (χ0n) is 19.4. The molecular weight excluding hydrogens is 436 g/mol. The Bertz CT molecular complexity index is 1100. The van der Waals surface area contributed by atoms with Crippen LogP contribution in [0.1, 0.15) is 29.7 Å². The Balaban J connectivity index is 1.49. The first-order valence-corrected chi connectivity index (χ1v) is 10.6. The van der Waals surface area contributed by atoms with Crippen LogP contribution >= 0.6 is 0 Å². The molecule has 0 aliphatic heterocycles. The van der Waals surface area contributed by atoms with Crippen LogP contribution in [0.2, 0.25) is 0 Å². The Kier molecular flexibility index (Phi) is 8.67. The lowest BCUT2D eigenvalue weighted by molar-refractivity contribution is -0.126. The Morgan fingerprint density at radius 1 is 1.09 bits per heavy atom. The van der Waals surface area contributed by atoms with Crippen molar-refractivity contribution in [3.63, 3.8) is 0 Å². The number of amidine groups is 1. The van der Waals surface area contributed by atoms with Crippen molar-refractivity contribution in [2.24, 2.45) is 10.9 Å². The number of carbonyl (C=O) groups is 1. The zero-order valence-corrected chi connectivity index (χ0v) is 19.4. The van der Waals surface area contributed by atoms with Crippen LogP contribution in [0.3, 0.4) is 0 Å². The van der Waals surface area contributed by atoms with Gasteiger partial charge in [0.05, 0.1) is 20.3 Å². The number of hydrogen-bond donors (Lipinski definition) is 2. The van der Waals surface area contributed by atoms with Gasteiger partial charge < -0.3 is 30.1 Å². The van der Waals surface area contributed by atoms with Crippen molar-refractivity contribution < 1.29 is 23.8 Å². The van der Waals surface area contributed by atoms with Crippen LogP contribution in [0.5, 0.6) is 17.2 Å². The van der Waals surface area contributed by atoms with Gasteiger partial charge >= 0.3 is 0 Å². The highest BCUT2D eigenvalue weighted by Gasteiger charge is 2.15. The van der Waals surface area contributed by atoms with E-state index in [1.165, 1.54) is 0 Å². The fourth-order valence-electron chi connectivity index (χ4n) is 3.12. The number of nitrogens with zero attached hydrogens (tertiary/aromatic N) is 2. The van der Waals surface area contributed by atoms with Crippen molar-refractivity contribution in [1.82, 2.24) is 10.3 Å². The number of ether oxygens (including phenoxy) is 3. The molecule has 34 heavy (non-hydrogen) atoms. The van der Waals surface area contributed by atoms with Gasteiger partial charge in [0.1, 0.15) is 23.9 Å². The van der Waals surface area contributed by atoms with Crippen molar-refractivity contribution in [3.8, 4) is 17.2 Å². The first-order valence-electron chi connectivity index (χ1n) is 10.6. The SMILES string of the molecule is COc1ccc(OC)c(C(C)NC(=O)CO/N=C(/N)c2ccc(OCc3cccnc3)cc2)c1. The number of aromatic nitrogens is 1. The topological polar surface area (TPSA) is 117 Å². The van der Waals surface area contributed by atoms with E-state index < -0.39 is 0 Å². The summed E-state index contributed by atoms with van der Waals surface area (Å²) in [5.74, 6) is 1.79. The maximum absolute atomic E-state index is 12.3. The van der Waals surface area contributed by atoms with Crippen molar-refractivity contribution in [3.05, 3.63) is 83.7 Å². The van der Waals surface area contributed by atoms with E-state index in [9.17, 15) is 4.79 Å². The normalized spacial score (nSPS) is 11.9. The third-order valence-electron chi connectivity index (χ3n) is 4.92. The van der Waals surface area contributed by atoms with E-state index in [2.05, 4.69) is 15.5 Å². The number of hydrogen-bond acceptors (Lipinski definition) is 7. The van der Waals surface area contributed by atoms with Crippen LogP contribution in [0.25, 0.3) is 0 Å². The maximum atomic E-state index is 12.3. The Hall–Kier alpha value is -4.27. The van der Waals surface area contributed by atoms with Crippen LogP contribution in [0.4, 0.5) is 0 Å². The zero-order chi connectivity index (χ0) is 24.3. The fourth-order valence-corrected chi connectivity index (χ4v) is 3.12. The lowest BCUT2D eigenvalue weighted by Crippen LogP contribution is -2.30. The summed E-state index contributed by atoms with van der Waals surface area (Å²) in [5, 5.41) is 6.68. The summed E-state index contributed by atoms with van der Waals surface area (Å²) < 4.78 is 16.3. The van der Waals surface area contributed by atoms with Gasteiger partial charge in [-0.3, -0.25) is 9.78 Å². The largest absolute Gasteiger partial charge is 0.497 e. The molecule has 3 N–H and O–H groups in total. The van der Waals surface area contributed by atoms with E-state index >= 15 is 0 Å². The minimum Gasteiger partial charge on any atom is -0.497 e. The Morgan fingerprint density at radius 3 is 2.53 bits per heavy atom. The van der Waals surface area contributed by atoms with Gasteiger partial charge in [-0.15, -0.1) is 0 Å². The summed E-state index contributed by atoms with van der Waals surface area (Å²) in [6.07, 6.45) is 3.46. The van der Waals surface area contributed by atoms with E-state index in [-0.39, 0.29) is 24.4 Å². The summed E-state index contributed by atoms with van der Waals surface area (Å²) in [5.41, 5.74) is 8.37. The standard InChI is InChI=1S/C25H28N4O5/c1-17(22-13-21(31-2)10-11-23(22)32-3)28-24(30)16-34-29-25(26)19-6-8-20(9-7-19)33-15-18-5-4-12-27-14-18/h4-14,17H,15-16H2,1-3H3,(H2,26,29)(H,28,30). The molecule has 1 amide bonds. The van der Waals surface area contributed by atoms with Gasteiger partial charge in [0.15, 0.2) is 12.4 Å². The van der Waals surface area contributed by atoms with E-state index in [1.807, 2.05) is 25.1 Å².